The number of methoxy groups -OCH3 is 2. The molecule has 0 radical (unpaired) electrons. The number of hydrogen-bond acceptors (Lipinski definition) is 3. The predicted octanol–water partition coefficient (Wildman–Crippen LogP) is 3.09. The lowest BCUT2D eigenvalue weighted by Gasteiger charge is -2.31. The molecule has 0 unspecified atom stereocenters. The van der Waals surface area contributed by atoms with Crippen LogP contribution in [-0.4, -0.2) is 38.1 Å². The largest absolute Gasteiger partial charge is 0.493 e. The third-order valence-electron chi connectivity index (χ3n) is 4.04. The van der Waals surface area contributed by atoms with Crippen LogP contribution < -0.4 is 9.47 Å². The molecule has 1 amide bonds. The summed E-state index contributed by atoms with van der Waals surface area (Å²) in [4.78, 5) is 14.3. The number of likely N-dealkylation sites (tertiary alicyclic amines) is 1. The van der Waals surface area contributed by atoms with Crippen LogP contribution in [0.1, 0.15) is 27.9 Å². The molecule has 2 aromatic carbocycles. The molecule has 3 rings (SSSR count). The summed E-state index contributed by atoms with van der Waals surface area (Å²) in [6, 6.07) is 9.38. The normalized spacial score (nSPS) is 12.7. The highest BCUT2D eigenvalue weighted by atomic mass is 19.1. The molecule has 25 heavy (non-hydrogen) atoms. The summed E-state index contributed by atoms with van der Waals surface area (Å²) in [7, 11) is 3.03. The van der Waals surface area contributed by atoms with Gasteiger partial charge in [0, 0.05) is 24.2 Å². The average Bonchev–Trinajstić information content (AvgIpc) is 2.57. The van der Waals surface area contributed by atoms with Crippen molar-refractivity contribution >= 4 is 5.91 Å². The Kier molecular flexibility index (Phi) is 4.90. The Hall–Kier alpha value is -3.00. The number of amides is 1. The first kappa shape index (κ1) is 16.8. The molecule has 1 fully saturated rings. The van der Waals surface area contributed by atoms with Gasteiger partial charge in [-0.25, -0.2) is 4.39 Å². The maximum atomic E-state index is 13.3. The van der Waals surface area contributed by atoms with E-state index in [1.165, 1.54) is 26.4 Å². The van der Waals surface area contributed by atoms with E-state index in [-0.39, 0.29) is 11.7 Å². The molecular weight excluding hydrogens is 321 g/mol. The number of nitrogens with zero attached hydrogens (tertiary/aromatic N) is 1. The van der Waals surface area contributed by atoms with Gasteiger partial charge in [-0.15, -0.1) is 0 Å². The molecule has 1 heterocycles. The van der Waals surface area contributed by atoms with Crippen molar-refractivity contribution in [2.45, 2.75) is 6.42 Å². The number of carbonyl (C=O) groups excluding carboxylic acids is 1. The average molecular weight is 339 g/mol. The molecule has 4 nitrogen and oxygen atoms in total. The van der Waals surface area contributed by atoms with Gasteiger partial charge in [0.15, 0.2) is 11.5 Å². The molecule has 0 aliphatic carbocycles. The standard InChI is InChI=1S/C20H18FNO3/c1-24-18-13-16(20(23)22-9-4-10-22)12-15(19(18)25-2)8-7-14-5-3-6-17(21)11-14/h3,5-6,11-13H,4,9-10H2,1-2H3. The van der Waals surface area contributed by atoms with Crippen molar-refractivity contribution in [2.24, 2.45) is 0 Å². The molecule has 1 aliphatic heterocycles. The number of hydrogen-bond donors (Lipinski definition) is 0. The minimum absolute atomic E-state index is 0.0546. The van der Waals surface area contributed by atoms with Crippen LogP contribution in [0.4, 0.5) is 4.39 Å². The lowest BCUT2D eigenvalue weighted by atomic mass is 10.1. The Labute approximate surface area is 146 Å². The second-order valence-corrected chi connectivity index (χ2v) is 5.67. The van der Waals surface area contributed by atoms with E-state index in [0.29, 0.717) is 28.2 Å². The number of ether oxygens (including phenoxy) is 2. The first-order chi connectivity index (χ1) is 12.1. The fourth-order valence-electron chi connectivity index (χ4n) is 2.59. The molecule has 0 N–H and O–H groups in total. The fourth-order valence-corrected chi connectivity index (χ4v) is 2.59. The molecule has 0 atom stereocenters. The Balaban J connectivity index is 2.03. The van der Waals surface area contributed by atoms with Crippen molar-refractivity contribution < 1.29 is 18.7 Å². The maximum Gasteiger partial charge on any atom is 0.254 e. The third-order valence-corrected chi connectivity index (χ3v) is 4.04. The zero-order chi connectivity index (χ0) is 17.8. The van der Waals surface area contributed by atoms with Crippen molar-refractivity contribution in [2.75, 3.05) is 27.3 Å². The quantitative estimate of drug-likeness (QED) is 0.807. The second kappa shape index (κ2) is 7.27. The number of benzene rings is 2. The van der Waals surface area contributed by atoms with E-state index in [0.717, 1.165) is 19.5 Å². The molecule has 2 aromatic rings. The van der Waals surface area contributed by atoms with E-state index in [2.05, 4.69) is 11.8 Å². The van der Waals surface area contributed by atoms with Crippen LogP contribution in [0.25, 0.3) is 0 Å². The number of halogens is 1. The molecule has 0 spiro atoms. The molecular formula is C20H18FNO3. The van der Waals surface area contributed by atoms with Crippen molar-refractivity contribution in [1.29, 1.82) is 0 Å². The zero-order valence-corrected chi connectivity index (χ0v) is 14.1. The molecule has 0 bridgehead atoms. The summed E-state index contributed by atoms with van der Waals surface area (Å²) in [5.74, 6) is 6.35. The lowest BCUT2D eigenvalue weighted by Crippen LogP contribution is -2.42. The van der Waals surface area contributed by atoms with Crippen LogP contribution in [0.3, 0.4) is 0 Å². The van der Waals surface area contributed by atoms with Crippen LogP contribution >= 0.6 is 0 Å². The van der Waals surface area contributed by atoms with Crippen molar-refractivity contribution in [1.82, 2.24) is 4.90 Å². The van der Waals surface area contributed by atoms with Crippen LogP contribution in [0, 0.1) is 17.7 Å². The van der Waals surface area contributed by atoms with E-state index in [9.17, 15) is 9.18 Å². The van der Waals surface area contributed by atoms with Gasteiger partial charge in [0.1, 0.15) is 5.82 Å². The van der Waals surface area contributed by atoms with Gasteiger partial charge in [0.2, 0.25) is 0 Å². The highest BCUT2D eigenvalue weighted by Crippen LogP contribution is 2.33. The van der Waals surface area contributed by atoms with Crippen LogP contribution in [0.15, 0.2) is 36.4 Å². The van der Waals surface area contributed by atoms with Gasteiger partial charge in [-0.2, -0.15) is 0 Å². The van der Waals surface area contributed by atoms with Crippen molar-refractivity contribution in [3.63, 3.8) is 0 Å². The Morgan fingerprint density at radius 1 is 1.12 bits per heavy atom. The lowest BCUT2D eigenvalue weighted by molar-refractivity contribution is 0.0651. The first-order valence-corrected chi connectivity index (χ1v) is 7.95. The van der Waals surface area contributed by atoms with E-state index in [4.69, 9.17) is 9.47 Å². The Morgan fingerprint density at radius 2 is 1.92 bits per heavy atom. The van der Waals surface area contributed by atoms with Gasteiger partial charge in [-0.05, 0) is 36.8 Å². The van der Waals surface area contributed by atoms with E-state index in [1.807, 2.05) is 0 Å². The molecule has 0 saturated carbocycles. The zero-order valence-electron chi connectivity index (χ0n) is 14.1. The van der Waals surface area contributed by atoms with E-state index in [1.54, 1.807) is 29.2 Å². The topological polar surface area (TPSA) is 38.8 Å². The van der Waals surface area contributed by atoms with Crippen molar-refractivity contribution in [3.05, 3.63) is 58.9 Å². The molecule has 1 saturated heterocycles. The van der Waals surface area contributed by atoms with Crippen LogP contribution in [0.5, 0.6) is 11.5 Å². The molecule has 5 heteroatoms. The summed E-state index contributed by atoms with van der Waals surface area (Å²) in [5, 5.41) is 0. The summed E-state index contributed by atoms with van der Waals surface area (Å²) in [5.41, 5.74) is 1.57. The van der Waals surface area contributed by atoms with Gasteiger partial charge < -0.3 is 14.4 Å². The smallest absolute Gasteiger partial charge is 0.254 e. The monoisotopic (exact) mass is 339 g/mol. The highest BCUT2D eigenvalue weighted by Gasteiger charge is 2.24. The van der Waals surface area contributed by atoms with Gasteiger partial charge in [0.25, 0.3) is 5.91 Å². The predicted molar refractivity (Wildman–Crippen MR) is 92.4 cm³/mol. The first-order valence-electron chi connectivity index (χ1n) is 7.95. The minimum Gasteiger partial charge on any atom is -0.493 e. The van der Waals surface area contributed by atoms with Crippen LogP contribution in [0.2, 0.25) is 0 Å². The summed E-state index contributed by atoms with van der Waals surface area (Å²) in [6.45, 7) is 1.52. The summed E-state index contributed by atoms with van der Waals surface area (Å²) >= 11 is 0. The highest BCUT2D eigenvalue weighted by molar-refractivity contribution is 5.96. The molecule has 1 aliphatic rings. The van der Waals surface area contributed by atoms with Gasteiger partial charge in [0.05, 0.1) is 19.8 Å². The van der Waals surface area contributed by atoms with Gasteiger partial charge in [-0.3, -0.25) is 4.79 Å². The van der Waals surface area contributed by atoms with Gasteiger partial charge >= 0.3 is 0 Å². The SMILES string of the molecule is COc1cc(C(=O)N2CCC2)cc(C#Cc2cccc(F)c2)c1OC. The fraction of sp³-hybridized carbons (Fsp3) is 0.250. The van der Waals surface area contributed by atoms with E-state index >= 15 is 0 Å². The maximum absolute atomic E-state index is 13.3. The Bertz CT molecular complexity index is 863. The minimum atomic E-state index is -0.349. The number of rotatable bonds is 3. The van der Waals surface area contributed by atoms with Crippen molar-refractivity contribution in [3.8, 4) is 23.3 Å². The second-order valence-electron chi connectivity index (χ2n) is 5.67. The van der Waals surface area contributed by atoms with E-state index < -0.39 is 0 Å². The summed E-state index contributed by atoms with van der Waals surface area (Å²) < 4.78 is 24.0. The number of carbonyl (C=O) groups is 1. The molecule has 128 valence electrons. The third kappa shape index (κ3) is 3.58. The molecule has 0 aromatic heterocycles. The summed E-state index contributed by atoms with van der Waals surface area (Å²) in [6.07, 6.45) is 1.02. The van der Waals surface area contributed by atoms with Crippen LogP contribution in [-0.2, 0) is 0 Å². The van der Waals surface area contributed by atoms with Gasteiger partial charge in [-0.1, -0.05) is 17.9 Å². The Morgan fingerprint density at radius 3 is 2.52 bits per heavy atom.